The van der Waals surface area contributed by atoms with E-state index in [1.54, 1.807) is 6.07 Å². The maximum Gasteiger partial charge on any atom is 0.401 e. The molecule has 1 aromatic carbocycles. The second kappa shape index (κ2) is 5.46. The number of alkyl halides is 3. The summed E-state index contributed by atoms with van der Waals surface area (Å²) < 4.78 is 51.6. The van der Waals surface area contributed by atoms with Crippen molar-refractivity contribution in [2.24, 2.45) is 5.73 Å². The molecule has 2 N–H and O–H groups in total. The minimum atomic E-state index is -4.30. The van der Waals surface area contributed by atoms with E-state index in [1.807, 2.05) is 0 Å². The van der Waals surface area contributed by atoms with Crippen molar-refractivity contribution in [3.63, 3.8) is 0 Å². The number of halogens is 4. The summed E-state index contributed by atoms with van der Waals surface area (Å²) in [5.41, 5.74) is 5.82. The van der Waals surface area contributed by atoms with Crippen LogP contribution in [-0.4, -0.2) is 30.2 Å². The van der Waals surface area contributed by atoms with E-state index >= 15 is 0 Å². The van der Waals surface area contributed by atoms with Gasteiger partial charge in [0.15, 0.2) is 0 Å². The van der Waals surface area contributed by atoms with E-state index in [9.17, 15) is 17.6 Å². The number of hydrogen-bond acceptors (Lipinski definition) is 2. The zero-order valence-electron chi connectivity index (χ0n) is 10.3. The summed E-state index contributed by atoms with van der Waals surface area (Å²) in [5, 5.41) is 0. The van der Waals surface area contributed by atoms with Gasteiger partial charge < -0.3 is 5.73 Å². The summed E-state index contributed by atoms with van der Waals surface area (Å²) in [4.78, 5) is 1.28. The van der Waals surface area contributed by atoms with Crippen LogP contribution >= 0.6 is 0 Å². The molecule has 0 aromatic heterocycles. The highest BCUT2D eigenvalue weighted by Crippen LogP contribution is 2.37. The third-order valence-corrected chi connectivity index (χ3v) is 3.27. The van der Waals surface area contributed by atoms with Crippen LogP contribution in [0.5, 0.6) is 0 Å². The molecule has 1 aliphatic rings. The molecule has 1 unspecified atom stereocenters. The Morgan fingerprint density at radius 2 is 1.89 bits per heavy atom. The third-order valence-electron chi connectivity index (χ3n) is 3.27. The molecular formula is C13H16F4N2. The van der Waals surface area contributed by atoms with Crippen LogP contribution in [0.25, 0.3) is 0 Å². The van der Waals surface area contributed by atoms with Gasteiger partial charge >= 0.3 is 6.18 Å². The lowest BCUT2D eigenvalue weighted by molar-refractivity contribution is -0.152. The van der Waals surface area contributed by atoms with Gasteiger partial charge in [-0.1, -0.05) is 18.2 Å². The number of nitrogens with two attached hydrogens (primary N) is 1. The Kier molecular flexibility index (Phi) is 4.10. The molecule has 0 saturated heterocycles. The Labute approximate surface area is 109 Å². The fraction of sp³-hybridized carbons (Fsp3) is 0.538. The summed E-state index contributed by atoms with van der Waals surface area (Å²) in [7, 11) is 0. The molecule has 2 nitrogen and oxygen atoms in total. The predicted octanol–water partition coefficient (Wildman–Crippen LogP) is 2.85. The largest absolute Gasteiger partial charge is 0.401 e. The van der Waals surface area contributed by atoms with Gasteiger partial charge in [0.25, 0.3) is 0 Å². The molecule has 6 heteroatoms. The second-order valence-electron chi connectivity index (χ2n) is 4.79. The van der Waals surface area contributed by atoms with Gasteiger partial charge in [-0.05, 0) is 18.9 Å². The highest BCUT2D eigenvalue weighted by atomic mass is 19.4. The Morgan fingerprint density at radius 3 is 2.37 bits per heavy atom. The normalized spacial score (nSPS) is 17.8. The Bertz CT molecular complexity index is 429. The number of benzene rings is 1. The minimum absolute atomic E-state index is 0.0342. The summed E-state index contributed by atoms with van der Waals surface area (Å²) in [6, 6.07) is 5.00. The lowest BCUT2D eigenvalue weighted by atomic mass is 10.0. The van der Waals surface area contributed by atoms with E-state index in [2.05, 4.69) is 0 Å². The summed E-state index contributed by atoms with van der Waals surface area (Å²) in [5.74, 6) is -0.509. The number of hydrogen-bond donors (Lipinski definition) is 1. The van der Waals surface area contributed by atoms with E-state index in [4.69, 9.17) is 5.73 Å². The van der Waals surface area contributed by atoms with Gasteiger partial charge in [-0.25, -0.2) is 4.39 Å². The highest BCUT2D eigenvalue weighted by molar-refractivity contribution is 5.22. The van der Waals surface area contributed by atoms with Crippen molar-refractivity contribution < 1.29 is 17.6 Å². The quantitative estimate of drug-likeness (QED) is 0.838. The first-order valence-electron chi connectivity index (χ1n) is 6.19. The molecule has 19 heavy (non-hydrogen) atoms. The van der Waals surface area contributed by atoms with Crippen LogP contribution in [0.15, 0.2) is 24.3 Å². The first-order valence-corrected chi connectivity index (χ1v) is 6.19. The van der Waals surface area contributed by atoms with Gasteiger partial charge in [0.05, 0.1) is 12.6 Å². The third kappa shape index (κ3) is 3.67. The van der Waals surface area contributed by atoms with Crippen molar-refractivity contribution in [3.8, 4) is 0 Å². The SMILES string of the molecule is NCC(c1ccccc1F)N(CC(F)(F)F)C1CC1. The first-order chi connectivity index (χ1) is 8.92. The number of rotatable bonds is 5. The van der Waals surface area contributed by atoms with Crippen LogP contribution in [0.4, 0.5) is 17.6 Å². The Balaban J connectivity index is 2.25. The zero-order valence-corrected chi connectivity index (χ0v) is 10.3. The van der Waals surface area contributed by atoms with Crippen molar-refractivity contribution in [1.82, 2.24) is 4.90 Å². The molecule has 0 bridgehead atoms. The van der Waals surface area contributed by atoms with Crippen molar-refractivity contribution in [3.05, 3.63) is 35.6 Å². The second-order valence-corrected chi connectivity index (χ2v) is 4.79. The summed E-state index contributed by atoms with van der Waals surface area (Å²) >= 11 is 0. The van der Waals surface area contributed by atoms with E-state index in [0.29, 0.717) is 12.8 Å². The van der Waals surface area contributed by atoms with Crippen molar-refractivity contribution in [2.45, 2.75) is 31.1 Å². The van der Waals surface area contributed by atoms with E-state index in [-0.39, 0.29) is 18.2 Å². The lowest BCUT2D eigenvalue weighted by Crippen LogP contribution is -2.42. The smallest absolute Gasteiger partial charge is 0.329 e. The van der Waals surface area contributed by atoms with Crippen LogP contribution in [0, 0.1) is 5.82 Å². The molecule has 2 rings (SSSR count). The molecule has 0 aliphatic heterocycles. The molecule has 1 atom stereocenters. The molecule has 106 valence electrons. The first kappa shape index (κ1) is 14.3. The van der Waals surface area contributed by atoms with Gasteiger partial charge in [0, 0.05) is 18.2 Å². The molecule has 1 aliphatic carbocycles. The predicted molar refractivity (Wildman–Crippen MR) is 64.0 cm³/mol. The highest BCUT2D eigenvalue weighted by Gasteiger charge is 2.41. The van der Waals surface area contributed by atoms with E-state index < -0.39 is 24.6 Å². The van der Waals surface area contributed by atoms with Crippen LogP contribution < -0.4 is 5.73 Å². The maximum atomic E-state index is 13.7. The van der Waals surface area contributed by atoms with Crippen molar-refractivity contribution in [1.29, 1.82) is 0 Å². The van der Waals surface area contributed by atoms with Gasteiger partial charge in [0.1, 0.15) is 5.82 Å². The topological polar surface area (TPSA) is 29.3 Å². The molecule has 1 fully saturated rings. The van der Waals surface area contributed by atoms with E-state index in [1.165, 1.54) is 23.1 Å². The molecule has 0 radical (unpaired) electrons. The fourth-order valence-electron chi connectivity index (χ4n) is 2.29. The van der Waals surface area contributed by atoms with Gasteiger partial charge in [-0.3, -0.25) is 4.90 Å². The van der Waals surface area contributed by atoms with Crippen molar-refractivity contribution in [2.75, 3.05) is 13.1 Å². The Morgan fingerprint density at radius 1 is 1.26 bits per heavy atom. The monoisotopic (exact) mass is 276 g/mol. The molecule has 0 spiro atoms. The minimum Gasteiger partial charge on any atom is -0.329 e. The fourth-order valence-corrected chi connectivity index (χ4v) is 2.29. The molecule has 0 heterocycles. The summed E-state index contributed by atoms with van der Waals surface area (Å²) in [6.45, 7) is -1.08. The van der Waals surface area contributed by atoms with Crippen LogP contribution in [0.1, 0.15) is 24.4 Å². The van der Waals surface area contributed by atoms with Crippen molar-refractivity contribution >= 4 is 0 Å². The van der Waals surface area contributed by atoms with Gasteiger partial charge in [-0.2, -0.15) is 13.2 Å². The van der Waals surface area contributed by atoms with Crippen LogP contribution in [0.3, 0.4) is 0 Å². The zero-order chi connectivity index (χ0) is 14.0. The maximum absolute atomic E-state index is 13.7. The Hall–Kier alpha value is -1.14. The summed E-state index contributed by atoms with van der Waals surface area (Å²) in [6.07, 6.45) is -2.89. The van der Waals surface area contributed by atoms with Crippen LogP contribution in [0.2, 0.25) is 0 Å². The molecule has 1 saturated carbocycles. The lowest BCUT2D eigenvalue weighted by Gasteiger charge is -2.32. The van der Waals surface area contributed by atoms with E-state index in [0.717, 1.165) is 0 Å². The van der Waals surface area contributed by atoms with Gasteiger partial charge in [0.2, 0.25) is 0 Å². The van der Waals surface area contributed by atoms with Crippen LogP contribution in [-0.2, 0) is 0 Å². The molecular weight excluding hydrogens is 260 g/mol. The molecule has 1 aromatic rings. The average molecular weight is 276 g/mol. The average Bonchev–Trinajstić information content (AvgIpc) is 3.13. The standard InChI is InChI=1S/C13H16F4N2/c14-11-4-2-1-3-10(11)12(7-18)19(9-5-6-9)8-13(15,16)17/h1-4,9,12H,5-8,18H2. The molecule has 0 amide bonds. The number of nitrogens with zero attached hydrogens (tertiary/aromatic N) is 1. The van der Waals surface area contributed by atoms with Gasteiger partial charge in [-0.15, -0.1) is 0 Å².